The second-order valence-corrected chi connectivity index (χ2v) is 10.0. The van der Waals surface area contributed by atoms with Crippen molar-refractivity contribution in [1.82, 2.24) is 29.6 Å². The van der Waals surface area contributed by atoms with Crippen LogP contribution in [0.25, 0.3) is 11.1 Å². The predicted octanol–water partition coefficient (Wildman–Crippen LogP) is 5.22. The van der Waals surface area contributed by atoms with Crippen LogP contribution in [-0.2, 0) is 13.1 Å². The Hall–Kier alpha value is -3.68. The smallest absolute Gasteiger partial charge is 0.333 e. The molecule has 0 bridgehead atoms. The van der Waals surface area contributed by atoms with E-state index in [2.05, 4.69) is 25.4 Å². The number of aryl methyl sites for hydroxylation is 1. The molecule has 1 N–H and O–H groups in total. The Morgan fingerprint density at radius 2 is 1.95 bits per heavy atom. The Morgan fingerprint density at radius 3 is 2.63 bits per heavy atom. The first-order valence-corrected chi connectivity index (χ1v) is 12.5. The molecule has 4 aromatic rings. The summed E-state index contributed by atoms with van der Waals surface area (Å²) in [6, 6.07) is 3.35. The second-order valence-electron chi connectivity index (χ2n) is 8.17. The van der Waals surface area contributed by atoms with Gasteiger partial charge in [0.25, 0.3) is 11.8 Å². The first-order chi connectivity index (χ1) is 18.1. The number of amides is 2. The van der Waals surface area contributed by atoms with E-state index in [1.54, 1.807) is 19.1 Å². The lowest BCUT2D eigenvalue weighted by Gasteiger charge is -2.14. The molecule has 10 nitrogen and oxygen atoms in total. The number of nitrogens with zero attached hydrogens (tertiary/aromatic N) is 6. The number of fused-ring (bicyclic) bond motifs is 1. The number of rotatable bonds is 6. The highest BCUT2D eigenvalue weighted by Gasteiger charge is 2.31. The molecule has 0 aliphatic carbocycles. The van der Waals surface area contributed by atoms with Crippen molar-refractivity contribution in [3.8, 4) is 16.9 Å². The summed E-state index contributed by atoms with van der Waals surface area (Å²) in [6.45, 7) is -0.834. The highest BCUT2D eigenvalue weighted by Crippen LogP contribution is 2.36. The number of methoxy groups -OCH3 is 1. The van der Waals surface area contributed by atoms with Gasteiger partial charge < -0.3 is 9.64 Å². The van der Waals surface area contributed by atoms with Crippen LogP contribution in [0.15, 0.2) is 30.7 Å². The van der Waals surface area contributed by atoms with Crippen LogP contribution in [0, 0.1) is 6.92 Å². The van der Waals surface area contributed by atoms with Gasteiger partial charge in [0, 0.05) is 23.0 Å². The van der Waals surface area contributed by atoms with Crippen LogP contribution in [-0.4, -0.2) is 48.6 Å². The molecular weight excluding hydrogens is 563 g/mol. The fourth-order valence-corrected chi connectivity index (χ4v) is 5.28. The van der Waals surface area contributed by atoms with Gasteiger partial charge in [-0.15, -0.1) is 0 Å². The van der Waals surface area contributed by atoms with E-state index in [4.69, 9.17) is 27.9 Å². The molecule has 1 aliphatic rings. The Balaban J connectivity index is 1.34. The molecule has 0 spiro atoms. The van der Waals surface area contributed by atoms with Crippen LogP contribution in [0.4, 0.5) is 13.9 Å². The molecular formula is C23H17Cl2F2N7O3S. The lowest BCUT2D eigenvalue weighted by Crippen LogP contribution is -2.26. The van der Waals surface area contributed by atoms with Gasteiger partial charge in [0.05, 0.1) is 53.8 Å². The zero-order valence-electron chi connectivity index (χ0n) is 19.7. The Kier molecular flexibility index (Phi) is 6.99. The Morgan fingerprint density at radius 1 is 1.16 bits per heavy atom. The zero-order chi connectivity index (χ0) is 27.1. The third-order valence-corrected chi connectivity index (χ3v) is 7.16. The maximum atomic E-state index is 13.3. The summed E-state index contributed by atoms with van der Waals surface area (Å²) in [5, 5.41) is 6.78. The lowest BCUT2D eigenvalue weighted by molar-refractivity contribution is 0.0550. The molecule has 0 atom stereocenters. The minimum Gasteiger partial charge on any atom is -0.494 e. The van der Waals surface area contributed by atoms with Crippen molar-refractivity contribution in [3.63, 3.8) is 0 Å². The van der Waals surface area contributed by atoms with Crippen molar-refractivity contribution in [3.05, 3.63) is 68.4 Å². The predicted molar refractivity (Wildman–Crippen MR) is 136 cm³/mol. The third kappa shape index (κ3) is 4.91. The van der Waals surface area contributed by atoms with E-state index >= 15 is 0 Å². The van der Waals surface area contributed by atoms with Gasteiger partial charge in [-0.25, -0.2) is 14.6 Å². The molecule has 0 aromatic carbocycles. The van der Waals surface area contributed by atoms with Crippen LogP contribution < -0.4 is 10.1 Å². The molecule has 196 valence electrons. The van der Waals surface area contributed by atoms with Gasteiger partial charge in [0.1, 0.15) is 10.9 Å². The minimum atomic E-state index is -2.91. The summed E-state index contributed by atoms with van der Waals surface area (Å²) in [4.78, 5) is 40.9. The van der Waals surface area contributed by atoms with E-state index in [1.165, 1.54) is 35.7 Å². The van der Waals surface area contributed by atoms with Gasteiger partial charge in [0.15, 0.2) is 10.8 Å². The topological polar surface area (TPSA) is 115 Å². The van der Waals surface area contributed by atoms with Crippen LogP contribution >= 0.6 is 34.5 Å². The van der Waals surface area contributed by atoms with Gasteiger partial charge in [-0.2, -0.15) is 13.9 Å². The number of halogens is 4. The number of aromatic nitrogens is 5. The first kappa shape index (κ1) is 25.9. The SMILES string of the molecule is COc1cnc(Cl)cc1-c1cc(C)ncc1C(=O)Nc1nc2c(s1)CN(C(=O)c1nn(C(F)F)cc1Cl)C2. The van der Waals surface area contributed by atoms with E-state index in [-0.39, 0.29) is 34.5 Å². The summed E-state index contributed by atoms with van der Waals surface area (Å²) in [6.07, 6.45) is 3.83. The second kappa shape index (κ2) is 10.2. The fraction of sp³-hybridized carbons (Fsp3) is 0.217. The monoisotopic (exact) mass is 579 g/mol. The van der Waals surface area contributed by atoms with Crippen molar-refractivity contribution in [2.75, 3.05) is 12.4 Å². The fourth-order valence-electron chi connectivity index (χ4n) is 3.92. The van der Waals surface area contributed by atoms with Crippen LogP contribution in [0.1, 0.15) is 43.7 Å². The van der Waals surface area contributed by atoms with E-state index in [0.717, 1.165) is 11.1 Å². The summed E-state index contributed by atoms with van der Waals surface area (Å²) in [7, 11) is 1.49. The van der Waals surface area contributed by atoms with Gasteiger partial charge in [-0.1, -0.05) is 34.5 Å². The number of thiazole rings is 1. The normalized spacial score (nSPS) is 12.7. The Bertz CT molecular complexity index is 1550. The van der Waals surface area contributed by atoms with Gasteiger partial charge >= 0.3 is 6.55 Å². The zero-order valence-corrected chi connectivity index (χ0v) is 22.0. The average molecular weight is 580 g/mol. The van der Waals surface area contributed by atoms with E-state index < -0.39 is 18.4 Å². The number of nitrogens with one attached hydrogen (secondary N) is 1. The molecule has 0 saturated heterocycles. The van der Waals surface area contributed by atoms with Gasteiger partial charge in [-0.3, -0.25) is 19.9 Å². The summed E-state index contributed by atoms with van der Waals surface area (Å²) in [5.41, 5.74) is 2.40. The van der Waals surface area contributed by atoms with Crippen LogP contribution in [0.3, 0.4) is 0 Å². The highest BCUT2D eigenvalue weighted by atomic mass is 35.5. The number of carbonyl (C=O) groups is 2. The van der Waals surface area contributed by atoms with Crippen LogP contribution in [0.5, 0.6) is 5.75 Å². The molecule has 15 heteroatoms. The number of hydrogen-bond donors (Lipinski definition) is 1. The molecule has 0 fully saturated rings. The van der Waals surface area contributed by atoms with E-state index in [0.29, 0.717) is 38.1 Å². The minimum absolute atomic E-state index is 0.114. The standard InChI is InChI=1S/C23H17Cl2F2N7O3S/c1-10-3-11(12-4-18(25)29-6-16(12)37-2)13(5-28-10)20(35)31-23-30-15-8-33(9-17(15)38-23)21(36)19-14(24)7-34(32-19)22(26)27/h3-7,22H,8-9H2,1-2H3,(H,30,31,35). The molecule has 0 unspecified atom stereocenters. The quantitative estimate of drug-likeness (QED) is 0.311. The Labute approximate surface area is 228 Å². The summed E-state index contributed by atoms with van der Waals surface area (Å²) < 4.78 is 31.5. The van der Waals surface area contributed by atoms with E-state index in [9.17, 15) is 18.4 Å². The maximum Gasteiger partial charge on any atom is 0.333 e. The van der Waals surface area contributed by atoms with Crippen molar-refractivity contribution in [2.24, 2.45) is 0 Å². The third-order valence-electron chi connectivity index (χ3n) is 5.68. The summed E-state index contributed by atoms with van der Waals surface area (Å²) in [5.74, 6) is -0.608. The molecule has 5 heterocycles. The molecule has 0 radical (unpaired) electrons. The molecule has 4 aromatic heterocycles. The number of alkyl halides is 2. The number of ether oxygens (including phenoxy) is 1. The van der Waals surface area contributed by atoms with Gasteiger partial charge in [0.2, 0.25) is 0 Å². The molecule has 2 amide bonds. The van der Waals surface area contributed by atoms with Crippen LogP contribution in [0.2, 0.25) is 10.2 Å². The lowest BCUT2D eigenvalue weighted by atomic mass is 10.0. The molecule has 38 heavy (non-hydrogen) atoms. The largest absolute Gasteiger partial charge is 0.494 e. The van der Waals surface area contributed by atoms with E-state index in [1.807, 2.05) is 0 Å². The summed E-state index contributed by atoms with van der Waals surface area (Å²) >= 11 is 13.2. The van der Waals surface area contributed by atoms with Crippen molar-refractivity contribution < 1.29 is 23.1 Å². The number of hydrogen-bond acceptors (Lipinski definition) is 8. The highest BCUT2D eigenvalue weighted by molar-refractivity contribution is 7.16. The maximum absolute atomic E-state index is 13.3. The van der Waals surface area contributed by atoms with Crippen molar-refractivity contribution in [2.45, 2.75) is 26.6 Å². The first-order valence-electron chi connectivity index (χ1n) is 10.9. The molecule has 1 aliphatic heterocycles. The van der Waals surface area contributed by atoms with Crippen molar-refractivity contribution >= 4 is 51.5 Å². The average Bonchev–Trinajstić information content (AvgIpc) is 3.56. The van der Waals surface area contributed by atoms with Gasteiger partial charge in [-0.05, 0) is 19.1 Å². The number of anilines is 1. The number of carbonyl (C=O) groups excluding carboxylic acids is 2. The van der Waals surface area contributed by atoms with Crippen molar-refractivity contribution in [1.29, 1.82) is 0 Å². The number of pyridine rings is 2. The molecule has 0 saturated carbocycles. The molecule has 5 rings (SSSR count).